The minimum atomic E-state index is -0.409. The van der Waals surface area contributed by atoms with E-state index in [1.165, 1.54) is 17.7 Å². The normalized spacial score (nSPS) is 13.4. The molecular weight excluding hydrogens is 282 g/mol. The summed E-state index contributed by atoms with van der Waals surface area (Å²) in [4.78, 5) is 10.4. The Bertz CT molecular complexity index is 739. The van der Waals surface area contributed by atoms with Crippen LogP contribution in [0.2, 0.25) is 0 Å². The third-order valence-corrected chi connectivity index (χ3v) is 3.62. The molecule has 0 saturated heterocycles. The number of hydrogen-bond donors (Lipinski definition) is 1. The van der Waals surface area contributed by atoms with Crippen molar-refractivity contribution in [2.75, 3.05) is 13.7 Å². The van der Waals surface area contributed by atoms with E-state index in [-0.39, 0.29) is 5.69 Å². The number of nitrogens with one attached hydrogen (secondary N) is 1. The highest BCUT2D eigenvalue weighted by Crippen LogP contribution is 2.24. The topological polar surface area (TPSA) is 76.8 Å². The van der Waals surface area contributed by atoms with Gasteiger partial charge >= 0.3 is 0 Å². The van der Waals surface area contributed by atoms with Crippen molar-refractivity contribution in [2.24, 2.45) is 5.10 Å². The number of nitro benzene ring substituents is 1. The minimum absolute atomic E-state index is 0.0665. The van der Waals surface area contributed by atoms with E-state index in [9.17, 15) is 10.1 Å². The summed E-state index contributed by atoms with van der Waals surface area (Å²) in [7, 11) is 1.62. The number of rotatable bonds is 3. The summed E-state index contributed by atoms with van der Waals surface area (Å²) in [6.45, 7) is 0.746. The molecule has 112 valence electrons. The third-order valence-electron chi connectivity index (χ3n) is 3.62. The van der Waals surface area contributed by atoms with E-state index in [0.29, 0.717) is 0 Å². The van der Waals surface area contributed by atoms with E-state index in [4.69, 9.17) is 4.74 Å². The van der Waals surface area contributed by atoms with Gasteiger partial charge in [-0.3, -0.25) is 10.1 Å². The summed E-state index contributed by atoms with van der Waals surface area (Å²) in [6, 6.07) is 12.3. The molecule has 2 aromatic rings. The SMILES string of the molecule is COc1ccc2c(c1)C(c1ccc([N+](=O)[O-])cc1)=NNCC2. The fourth-order valence-electron chi connectivity index (χ4n) is 2.47. The van der Waals surface area contributed by atoms with E-state index in [1.54, 1.807) is 19.2 Å². The lowest BCUT2D eigenvalue weighted by Crippen LogP contribution is -2.10. The first-order chi connectivity index (χ1) is 10.7. The van der Waals surface area contributed by atoms with Gasteiger partial charge in [-0.1, -0.05) is 6.07 Å². The summed E-state index contributed by atoms with van der Waals surface area (Å²) in [5.74, 6) is 0.760. The zero-order chi connectivity index (χ0) is 15.5. The van der Waals surface area contributed by atoms with E-state index in [0.717, 1.165) is 35.6 Å². The number of non-ortho nitro benzene ring substituents is 1. The third kappa shape index (κ3) is 2.63. The Labute approximate surface area is 127 Å². The smallest absolute Gasteiger partial charge is 0.269 e. The molecule has 0 amide bonds. The molecule has 0 saturated carbocycles. The van der Waals surface area contributed by atoms with E-state index in [2.05, 4.69) is 10.5 Å². The van der Waals surface area contributed by atoms with Crippen LogP contribution in [0.15, 0.2) is 47.6 Å². The molecule has 1 heterocycles. The summed E-state index contributed by atoms with van der Waals surface area (Å²) >= 11 is 0. The molecule has 0 radical (unpaired) electrons. The molecule has 0 aliphatic carbocycles. The minimum Gasteiger partial charge on any atom is -0.497 e. The predicted octanol–water partition coefficient (Wildman–Crippen LogP) is 2.50. The molecule has 6 nitrogen and oxygen atoms in total. The summed E-state index contributed by atoms with van der Waals surface area (Å²) in [6.07, 6.45) is 0.860. The van der Waals surface area contributed by atoms with Crippen molar-refractivity contribution in [1.82, 2.24) is 5.43 Å². The zero-order valence-corrected chi connectivity index (χ0v) is 12.1. The predicted molar refractivity (Wildman–Crippen MR) is 83.4 cm³/mol. The molecule has 0 atom stereocenters. The summed E-state index contributed by atoms with van der Waals surface area (Å²) in [5, 5.41) is 15.2. The van der Waals surface area contributed by atoms with Crippen LogP contribution >= 0.6 is 0 Å². The Balaban J connectivity index is 2.07. The van der Waals surface area contributed by atoms with Crippen LogP contribution in [0.3, 0.4) is 0 Å². The summed E-state index contributed by atoms with van der Waals surface area (Å²) in [5.41, 5.74) is 6.84. The van der Waals surface area contributed by atoms with Crippen molar-refractivity contribution in [1.29, 1.82) is 0 Å². The van der Waals surface area contributed by atoms with E-state index < -0.39 is 4.92 Å². The van der Waals surface area contributed by atoms with Crippen molar-refractivity contribution in [3.05, 3.63) is 69.3 Å². The number of hydrogen-bond acceptors (Lipinski definition) is 5. The van der Waals surface area contributed by atoms with Crippen molar-refractivity contribution < 1.29 is 9.66 Å². The van der Waals surface area contributed by atoms with Crippen molar-refractivity contribution in [3.63, 3.8) is 0 Å². The van der Waals surface area contributed by atoms with Crippen LogP contribution in [0.4, 0.5) is 5.69 Å². The molecule has 22 heavy (non-hydrogen) atoms. The van der Waals surface area contributed by atoms with Gasteiger partial charge in [-0.2, -0.15) is 5.10 Å². The van der Waals surface area contributed by atoms with E-state index in [1.807, 2.05) is 18.2 Å². The highest BCUT2D eigenvalue weighted by Gasteiger charge is 2.17. The number of hydrazone groups is 1. The average molecular weight is 297 g/mol. The second-order valence-electron chi connectivity index (χ2n) is 4.95. The van der Waals surface area contributed by atoms with Gasteiger partial charge < -0.3 is 10.2 Å². The van der Waals surface area contributed by atoms with Crippen LogP contribution in [0, 0.1) is 10.1 Å². The zero-order valence-electron chi connectivity index (χ0n) is 12.1. The van der Waals surface area contributed by atoms with Crippen LogP contribution in [-0.4, -0.2) is 24.3 Å². The number of nitro groups is 1. The molecule has 6 heteroatoms. The lowest BCUT2D eigenvalue weighted by molar-refractivity contribution is -0.384. The van der Waals surface area contributed by atoms with Crippen molar-refractivity contribution in [3.8, 4) is 5.75 Å². The van der Waals surface area contributed by atoms with Gasteiger partial charge in [0.2, 0.25) is 0 Å². The number of ether oxygens (including phenoxy) is 1. The van der Waals surface area contributed by atoms with Gasteiger partial charge in [-0.25, -0.2) is 0 Å². The Kier molecular flexibility index (Phi) is 3.74. The van der Waals surface area contributed by atoms with Gasteiger partial charge in [0.05, 0.1) is 17.7 Å². The molecule has 0 aromatic heterocycles. The molecule has 0 unspecified atom stereocenters. The second-order valence-corrected chi connectivity index (χ2v) is 4.95. The van der Waals surface area contributed by atoms with Gasteiger partial charge in [0, 0.05) is 29.8 Å². The molecule has 0 fully saturated rings. The first kappa shape index (κ1) is 14.1. The number of nitrogens with zero attached hydrogens (tertiary/aromatic N) is 2. The maximum absolute atomic E-state index is 10.8. The first-order valence-electron chi connectivity index (χ1n) is 6.91. The lowest BCUT2D eigenvalue weighted by Gasteiger charge is -2.11. The van der Waals surface area contributed by atoms with Crippen LogP contribution < -0.4 is 10.2 Å². The van der Waals surface area contributed by atoms with Gasteiger partial charge in [0.25, 0.3) is 5.69 Å². The fourth-order valence-corrected chi connectivity index (χ4v) is 2.47. The average Bonchev–Trinajstić information content (AvgIpc) is 2.76. The highest BCUT2D eigenvalue weighted by molar-refractivity contribution is 6.14. The van der Waals surface area contributed by atoms with Gasteiger partial charge in [0.1, 0.15) is 5.75 Å². The fraction of sp³-hybridized carbons (Fsp3) is 0.188. The Morgan fingerprint density at radius 1 is 1.23 bits per heavy atom. The van der Waals surface area contributed by atoms with E-state index >= 15 is 0 Å². The molecule has 2 aromatic carbocycles. The molecular formula is C16H15N3O3. The lowest BCUT2D eigenvalue weighted by atomic mass is 9.96. The van der Waals surface area contributed by atoms with Crippen LogP contribution in [0.1, 0.15) is 16.7 Å². The second kappa shape index (κ2) is 5.85. The molecule has 1 aliphatic rings. The maximum Gasteiger partial charge on any atom is 0.269 e. The summed E-state index contributed by atoms with van der Waals surface area (Å²) < 4.78 is 5.29. The Morgan fingerprint density at radius 2 is 2.00 bits per heavy atom. The number of benzene rings is 2. The molecule has 0 spiro atoms. The van der Waals surface area contributed by atoms with Crippen molar-refractivity contribution >= 4 is 11.4 Å². The van der Waals surface area contributed by atoms with Crippen LogP contribution in [-0.2, 0) is 6.42 Å². The first-order valence-corrected chi connectivity index (χ1v) is 6.91. The molecule has 0 bridgehead atoms. The largest absolute Gasteiger partial charge is 0.497 e. The molecule has 1 aliphatic heterocycles. The standard InChI is InChI=1S/C16H15N3O3/c1-22-14-7-4-11-8-9-17-18-16(15(11)10-14)12-2-5-13(6-3-12)19(20)21/h2-7,10,17H,8-9H2,1H3. The highest BCUT2D eigenvalue weighted by atomic mass is 16.6. The van der Waals surface area contributed by atoms with Crippen LogP contribution in [0.25, 0.3) is 0 Å². The van der Waals surface area contributed by atoms with Gasteiger partial charge in [-0.15, -0.1) is 0 Å². The maximum atomic E-state index is 10.8. The number of methoxy groups -OCH3 is 1. The molecule has 3 rings (SSSR count). The quantitative estimate of drug-likeness (QED) is 0.697. The Morgan fingerprint density at radius 3 is 2.68 bits per heavy atom. The Hall–Kier alpha value is -2.89. The number of fused-ring (bicyclic) bond motifs is 1. The molecule has 1 N–H and O–H groups in total. The monoisotopic (exact) mass is 297 g/mol. The van der Waals surface area contributed by atoms with Crippen molar-refractivity contribution in [2.45, 2.75) is 6.42 Å². The van der Waals surface area contributed by atoms with Gasteiger partial charge in [-0.05, 0) is 36.2 Å². The van der Waals surface area contributed by atoms with Gasteiger partial charge in [0.15, 0.2) is 0 Å². The van der Waals surface area contributed by atoms with Crippen LogP contribution in [0.5, 0.6) is 5.75 Å².